The van der Waals surface area contributed by atoms with E-state index >= 15 is 0 Å². The van der Waals surface area contributed by atoms with Gasteiger partial charge in [-0.3, -0.25) is 0 Å². The molecule has 17 heavy (non-hydrogen) atoms. The third kappa shape index (κ3) is 4.32. The van der Waals surface area contributed by atoms with Gasteiger partial charge >= 0.3 is 0 Å². The summed E-state index contributed by atoms with van der Waals surface area (Å²) in [4.78, 5) is 0. The highest BCUT2D eigenvalue weighted by Gasteiger charge is 2.08. The van der Waals surface area contributed by atoms with Gasteiger partial charge in [0.2, 0.25) is 0 Å². The molecule has 0 heterocycles. The molecule has 0 fully saturated rings. The number of nitriles is 1. The lowest BCUT2D eigenvalue weighted by molar-refractivity contribution is 0.407. The molecule has 0 amide bonds. The predicted molar refractivity (Wildman–Crippen MR) is 73.5 cm³/mol. The zero-order valence-corrected chi connectivity index (χ0v) is 11.5. The van der Waals surface area contributed by atoms with Crippen molar-refractivity contribution in [2.45, 2.75) is 32.6 Å². The van der Waals surface area contributed by atoms with Crippen molar-refractivity contribution >= 4 is 11.8 Å². The van der Waals surface area contributed by atoms with Crippen LogP contribution in [-0.4, -0.2) is 12.9 Å². The fourth-order valence-corrected chi connectivity index (χ4v) is 2.16. The lowest BCUT2D eigenvalue weighted by Crippen LogP contribution is -1.97. The Morgan fingerprint density at radius 2 is 2.18 bits per heavy atom. The van der Waals surface area contributed by atoms with Crippen LogP contribution in [0.2, 0.25) is 0 Å². The van der Waals surface area contributed by atoms with Gasteiger partial charge in [-0.05, 0) is 47.7 Å². The van der Waals surface area contributed by atoms with Crippen molar-refractivity contribution in [2.24, 2.45) is 0 Å². The Bertz CT molecular complexity index is 396. The van der Waals surface area contributed by atoms with E-state index in [1.54, 1.807) is 7.11 Å². The first-order valence-corrected chi connectivity index (χ1v) is 6.85. The lowest BCUT2D eigenvalue weighted by atomic mass is 9.98. The van der Waals surface area contributed by atoms with E-state index in [-0.39, 0.29) is 0 Å². The molecule has 1 aromatic rings. The second-order valence-corrected chi connectivity index (χ2v) is 5.15. The molecule has 3 heteroatoms. The topological polar surface area (TPSA) is 33.0 Å². The number of thioether (sulfide) groups is 1. The highest BCUT2D eigenvalue weighted by Crippen LogP contribution is 2.27. The Morgan fingerprint density at radius 3 is 2.76 bits per heavy atom. The highest BCUT2D eigenvalue weighted by atomic mass is 32.2. The third-order valence-electron chi connectivity index (χ3n) is 2.69. The van der Waals surface area contributed by atoms with Crippen LogP contribution in [0.15, 0.2) is 18.2 Å². The second-order valence-electron chi connectivity index (χ2n) is 4.27. The van der Waals surface area contributed by atoms with Crippen LogP contribution in [0.25, 0.3) is 0 Å². The van der Waals surface area contributed by atoms with Gasteiger partial charge in [-0.1, -0.05) is 26.0 Å². The summed E-state index contributed by atoms with van der Waals surface area (Å²) in [6.45, 7) is 4.35. The fraction of sp³-hybridized carbons (Fsp3) is 0.500. The number of benzene rings is 1. The summed E-state index contributed by atoms with van der Waals surface area (Å²) in [5.41, 5.74) is 2.59. The third-order valence-corrected chi connectivity index (χ3v) is 3.31. The molecule has 2 nitrogen and oxygen atoms in total. The first-order valence-electron chi connectivity index (χ1n) is 5.86. The summed E-state index contributed by atoms with van der Waals surface area (Å²) in [5, 5.41) is 10.5. The molecule has 0 saturated heterocycles. The maximum Gasteiger partial charge on any atom is 0.133 e. The van der Waals surface area contributed by atoms with Crippen LogP contribution in [0.5, 0.6) is 5.75 Å². The average molecular weight is 249 g/mol. The van der Waals surface area contributed by atoms with Gasteiger partial charge in [0.25, 0.3) is 0 Å². The van der Waals surface area contributed by atoms with Gasteiger partial charge in [-0.2, -0.15) is 5.26 Å². The molecule has 0 radical (unpaired) electrons. The van der Waals surface area contributed by atoms with Gasteiger partial charge in [0.15, 0.2) is 0 Å². The summed E-state index contributed by atoms with van der Waals surface area (Å²) >= 11 is 1.33. The number of rotatable bonds is 6. The Balaban J connectivity index is 2.68. The van der Waals surface area contributed by atoms with E-state index in [1.165, 1.54) is 22.9 Å². The molecular formula is C14H19NOS. The van der Waals surface area contributed by atoms with Crippen LogP contribution in [0.3, 0.4) is 0 Å². The first kappa shape index (κ1) is 13.9. The van der Waals surface area contributed by atoms with Crippen LogP contribution >= 0.6 is 11.8 Å². The first-order chi connectivity index (χ1) is 8.19. The van der Waals surface area contributed by atoms with Crippen molar-refractivity contribution < 1.29 is 4.74 Å². The average Bonchev–Trinajstić information content (AvgIpc) is 2.34. The molecular weight excluding hydrogens is 230 g/mol. The summed E-state index contributed by atoms with van der Waals surface area (Å²) in [6, 6.07) is 6.38. The fourth-order valence-electron chi connectivity index (χ4n) is 1.78. The summed E-state index contributed by atoms with van der Waals surface area (Å²) < 4.78 is 5.36. The Hall–Kier alpha value is -1.14. The van der Waals surface area contributed by atoms with Crippen molar-refractivity contribution in [3.63, 3.8) is 0 Å². The Morgan fingerprint density at radius 1 is 1.41 bits per heavy atom. The van der Waals surface area contributed by atoms with E-state index in [4.69, 9.17) is 10.00 Å². The minimum absolute atomic E-state index is 0.471. The van der Waals surface area contributed by atoms with Gasteiger partial charge in [0.05, 0.1) is 7.11 Å². The van der Waals surface area contributed by atoms with Gasteiger partial charge in [0, 0.05) is 5.75 Å². The molecule has 0 aliphatic carbocycles. The maximum absolute atomic E-state index is 8.45. The molecule has 1 rings (SSSR count). The predicted octanol–water partition coefficient (Wildman–Crippen LogP) is 3.97. The molecule has 0 N–H and O–H groups in total. The molecule has 92 valence electrons. The normalized spacial score (nSPS) is 10.3. The van der Waals surface area contributed by atoms with Crippen molar-refractivity contribution in [2.75, 3.05) is 12.9 Å². The molecule has 0 bridgehead atoms. The van der Waals surface area contributed by atoms with E-state index in [0.29, 0.717) is 5.92 Å². The van der Waals surface area contributed by atoms with Crippen LogP contribution in [0.1, 0.15) is 37.3 Å². The van der Waals surface area contributed by atoms with Gasteiger partial charge < -0.3 is 4.74 Å². The summed E-state index contributed by atoms with van der Waals surface area (Å²) in [6.07, 6.45) is 2.07. The van der Waals surface area contributed by atoms with Crippen molar-refractivity contribution in [3.8, 4) is 11.2 Å². The largest absolute Gasteiger partial charge is 0.496 e. The summed E-state index contributed by atoms with van der Waals surface area (Å²) in [5.74, 6) is 2.34. The smallest absolute Gasteiger partial charge is 0.133 e. The zero-order valence-electron chi connectivity index (χ0n) is 10.7. The number of methoxy groups -OCH3 is 1. The van der Waals surface area contributed by atoms with Crippen LogP contribution in [-0.2, 0) is 6.42 Å². The van der Waals surface area contributed by atoms with E-state index in [2.05, 4.69) is 31.4 Å². The van der Waals surface area contributed by atoms with Crippen molar-refractivity contribution in [1.29, 1.82) is 5.26 Å². The van der Waals surface area contributed by atoms with Crippen molar-refractivity contribution in [3.05, 3.63) is 29.3 Å². The Labute approximate surface area is 108 Å². The monoisotopic (exact) mass is 249 g/mol. The number of ether oxygens (including phenoxy) is 1. The van der Waals surface area contributed by atoms with Crippen molar-refractivity contribution in [1.82, 2.24) is 0 Å². The van der Waals surface area contributed by atoms with E-state index in [1.807, 2.05) is 6.07 Å². The van der Waals surface area contributed by atoms with E-state index in [0.717, 1.165) is 24.3 Å². The van der Waals surface area contributed by atoms with Gasteiger partial charge in [0.1, 0.15) is 11.2 Å². The molecule has 1 aromatic carbocycles. The molecule has 0 unspecified atom stereocenters. The lowest BCUT2D eigenvalue weighted by Gasteiger charge is -2.13. The minimum atomic E-state index is 0.471. The second kappa shape index (κ2) is 7.24. The SMILES string of the molecule is COc1ccc(CCCSC#N)cc1C(C)C. The maximum atomic E-state index is 8.45. The summed E-state index contributed by atoms with van der Waals surface area (Å²) in [7, 11) is 1.71. The van der Waals surface area contributed by atoms with Crippen LogP contribution < -0.4 is 4.74 Å². The minimum Gasteiger partial charge on any atom is -0.496 e. The van der Waals surface area contributed by atoms with Gasteiger partial charge in [-0.25, -0.2) is 0 Å². The molecule has 0 aliphatic heterocycles. The number of aryl methyl sites for hydroxylation is 1. The van der Waals surface area contributed by atoms with Crippen LogP contribution in [0, 0.1) is 10.7 Å². The Kier molecular flexibility index (Phi) is 5.93. The number of hydrogen-bond acceptors (Lipinski definition) is 3. The quantitative estimate of drug-likeness (QED) is 0.565. The number of thiocyanates is 1. The highest BCUT2D eigenvalue weighted by molar-refractivity contribution is 8.03. The standard InChI is InChI=1S/C14H19NOS/c1-11(2)13-9-12(5-4-8-17-10-15)6-7-14(13)16-3/h6-7,9,11H,4-5,8H2,1-3H3. The molecule has 0 aromatic heterocycles. The number of nitrogens with zero attached hydrogens (tertiary/aromatic N) is 1. The van der Waals surface area contributed by atoms with Crippen LogP contribution in [0.4, 0.5) is 0 Å². The molecule has 0 spiro atoms. The van der Waals surface area contributed by atoms with E-state index in [9.17, 15) is 0 Å². The zero-order chi connectivity index (χ0) is 12.7. The molecule has 0 aliphatic rings. The molecule has 0 atom stereocenters. The number of hydrogen-bond donors (Lipinski definition) is 0. The van der Waals surface area contributed by atoms with Gasteiger partial charge in [-0.15, -0.1) is 0 Å². The van der Waals surface area contributed by atoms with E-state index < -0.39 is 0 Å². The molecule has 0 saturated carbocycles.